The molecule has 0 aliphatic heterocycles. The van der Waals surface area contributed by atoms with E-state index < -0.39 is 0 Å². The van der Waals surface area contributed by atoms with Gasteiger partial charge in [0.15, 0.2) is 5.82 Å². The Kier molecular flexibility index (Phi) is 5.93. The van der Waals surface area contributed by atoms with Crippen molar-refractivity contribution in [1.82, 2.24) is 15.5 Å². The largest absolute Gasteiger partial charge is 0.339 e. The highest BCUT2D eigenvalue weighted by atomic mass is 16.5. The molecule has 2 atom stereocenters. The summed E-state index contributed by atoms with van der Waals surface area (Å²) in [5.41, 5.74) is 1.30. The monoisotopic (exact) mass is 287 g/mol. The summed E-state index contributed by atoms with van der Waals surface area (Å²) < 4.78 is 5.44. The standard InChI is InChI=1S/C17H25N3O/c1-4-15(18-5-2)13(3)17-19-16(20-21-17)12-11-14-9-7-6-8-10-14/h6-10,13,15,18H,4-5,11-12H2,1-3H3. The van der Waals surface area contributed by atoms with E-state index in [1.165, 1.54) is 5.56 Å². The van der Waals surface area contributed by atoms with E-state index in [2.05, 4.69) is 60.5 Å². The van der Waals surface area contributed by atoms with Crippen LogP contribution in [0.4, 0.5) is 0 Å². The molecule has 2 aromatic rings. The van der Waals surface area contributed by atoms with Crippen LogP contribution in [0.3, 0.4) is 0 Å². The number of rotatable bonds is 8. The predicted octanol–water partition coefficient (Wildman–Crippen LogP) is 3.35. The van der Waals surface area contributed by atoms with E-state index in [-0.39, 0.29) is 5.92 Å². The summed E-state index contributed by atoms with van der Waals surface area (Å²) in [6, 6.07) is 10.8. The third-order valence-electron chi connectivity index (χ3n) is 3.86. The van der Waals surface area contributed by atoms with Crippen LogP contribution in [0.25, 0.3) is 0 Å². The van der Waals surface area contributed by atoms with Gasteiger partial charge in [0.05, 0.1) is 5.92 Å². The molecule has 1 N–H and O–H groups in total. The zero-order chi connectivity index (χ0) is 15.1. The van der Waals surface area contributed by atoms with Gasteiger partial charge in [-0.1, -0.05) is 56.3 Å². The van der Waals surface area contributed by atoms with Gasteiger partial charge in [-0.05, 0) is 24.9 Å². The Morgan fingerprint density at radius 2 is 1.90 bits per heavy atom. The highest BCUT2D eigenvalue weighted by Gasteiger charge is 2.22. The molecule has 0 bridgehead atoms. The maximum atomic E-state index is 5.44. The number of benzene rings is 1. The first-order chi connectivity index (χ1) is 10.2. The molecule has 2 rings (SSSR count). The number of hydrogen-bond acceptors (Lipinski definition) is 4. The molecule has 0 saturated carbocycles. The Morgan fingerprint density at radius 3 is 2.57 bits per heavy atom. The maximum Gasteiger partial charge on any atom is 0.231 e. The topological polar surface area (TPSA) is 51.0 Å². The van der Waals surface area contributed by atoms with E-state index >= 15 is 0 Å². The van der Waals surface area contributed by atoms with Gasteiger partial charge in [0.1, 0.15) is 0 Å². The average molecular weight is 287 g/mol. The zero-order valence-corrected chi connectivity index (χ0v) is 13.2. The van der Waals surface area contributed by atoms with Crippen LogP contribution < -0.4 is 5.32 Å². The van der Waals surface area contributed by atoms with Crippen molar-refractivity contribution in [3.05, 3.63) is 47.6 Å². The lowest BCUT2D eigenvalue weighted by Crippen LogP contribution is -2.33. The van der Waals surface area contributed by atoms with Crippen molar-refractivity contribution in [3.8, 4) is 0 Å². The van der Waals surface area contributed by atoms with Gasteiger partial charge in [-0.2, -0.15) is 4.98 Å². The minimum absolute atomic E-state index is 0.243. The van der Waals surface area contributed by atoms with Crippen molar-refractivity contribution in [3.63, 3.8) is 0 Å². The Bertz CT molecular complexity index is 524. The molecule has 0 aliphatic rings. The smallest absolute Gasteiger partial charge is 0.231 e. The summed E-state index contributed by atoms with van der Waals surface area (Å²) >= 11 is 0. The molecule has 21 heavy (non-hydrogen) atoms. The third-order valence-corrected chi connectivity index (χ3v) is 3.86. The summed E-state index contributed by atoms with van der Waals surface area (Å²) in [6.07, 6.45) is 2.81. The van der Waals surface area contributed by atoms with Crippen LogP contribution in [0.5, 0.6) is 0 Å². The van der Waals surface area contributed by atoms with Gasteiger partial charge in [-0.3, -0.25) is 0 Å². The summed E-state index contributed by atoms with van der Waals surface area (Å²) in [6.45, 7) is 7.40. The van der Waals surface area contributed by atoms with E-state index in [4.69, 9.17) is 4.52 Å². The highest BCUT2D eigenvalue weighted by Crippen LogP contribution is 2.19. The second kappa shape index (κ2) is 7.93. The SMILES string of the molecule is CCNC(CC)C(C)c1nc(CCc2ccccc2)no1. The Hall–Kier alpha value is -1.68. The van der Waals surface area contributed by atoms with Gasteiger partial charge < -0.3 is 9.84 Å². The Labute approximate surface area is 127 Å². The van der Waals surface area contributed by atoms with Crippen molar-refractivity contribution >= 4 is 0 Å². The van der Waals surface area contributed by atoms with E-state index in [1.54, 1.807) is 0 Å². The molecule has 0 amide bonds. The maximum absolute atomic E-state index is 5.44. The molecule has 4 heteroatoms. The Morgan fingerprint density at radius 1 is 1.14 bits per heavy atom. The van der Waals surface area contributed by atoms with Crippen LogP contribution in [-0.4, -0.2) is 22.7 Å². The molecule has 1 aromatic heterocycles. The minimum Gasteiger partial charge on any atom is -0.339 e. The van der Waals surface area contributed by atoms with Gasteiger partial charge in [-0.15, -0.1) is 0 Å². The number of likely N-dealkylation sites (N-methyl/N-ethyl adjacent to an activating group) is 1. The molecule has 1 aromatic carbocycles. The fourth-order valence-electron chi connectivity index (χ4n) is 2.56. The van der Waals surface area contributed by atoms with Crippen molar-refractivity contribution in [2.45, 2.75) is 52.0 Å². The fourth-order valence-corrected chi connectivity index (χ4v) is 2.56. The normalized spacial score (nSPS) is 14.0. The van der Waals surface area contributed by atoms with Gasteiger partial charge in [0.2, 0.25) is 5.89 Å². The molecule has 114 valence electrons. The number of hydrogen-bond donors (Lipinski definition) is 1. The quantitative estimate of drug-likeness (QED) is 0.809. The first kappa shape index (κ1) is 15.7. The number of nitrogens with one attached hydrogen (secondary N) is 1. The van der Waals surface area contributed by atoms with E-state index in [9.17, 15) is 0 Å². The second-order valence-electron chi connectivity index (χ2n) is 5.40. The molecule has 0 aliphatic carbocycles. The van der Waals surface area contributed by atoms with Crippen LogP contribution in [0, 0.1) is 0 Å². The molecule has 2 unspecified atom stereocenters. The lowest BCUT2D eigenvalue weighted by molar-refractivity contribution is 0.319. The summed E-state index contributed by atoms with van der Waals surface area (Å²) in [5.74, 6) is 1.78. The van der Waals surface area contributed by atoms with E-state index in [0.29, 0.717) is 6.04 Å². The van der Waals surface area contributed by atoms with Crippen LogP contribution >= 0.6 is 0 Å². The van der Waals surface area contributed by atoms with Gasteiger partial charge in [-0.25, -0.2) is 0 Å². The van der Waals surface area contributed by atoms with Crippen molar-refractivity contribution < 1.29 is 4.52 Å². The first-order valence-corrected chi connectivity index (χ1v) is 7.84. The van der Waals surface area contributed by atoms with Crippen molar-refractivity contribution in [1.29, 1.82) is 0 Å². The summed E-state index contributed by atoms with van der Waals surface area (Å²) in [7, 11) is 0. The predicted molar refractivity (Wildman–Crippen MR) is 84.3 cm³/mol. The molecule has 0 saturated heterocycles. The Balaban J connectivity index is 1.94. The van der Waals surface area contributed by atoms with Gasteiger partial charge in [0.25, 0.3) is 0 Å². The number of aromatic nitrogens is 2. The number of aryl methyl sites for hydroxylation is 2. The van der Waals surface area contributed by atoms with Gasteiger partial charge >= 0.3 is 0 Å². The van der Waals surface area contributed by atoms with Crippen molar-refractivity contribution in [2.24, 2.45) is 0 Å². The molecular weight excluding hydrogens is 262 g/mol. The fraction of sp³-hybridized carbons (Fsp3) is 0.529. The van der Waals surface area contributed by atoms with Gasteiger partial charge in [0, 0.05) is 12.5 Å². The number of nitrogens with zero attached hydrogens (tertiary/aromatic N) is 2. The highest BCUT2D eigenvalue weighted by molar-refractivity contribution is 5.15. The summed E-state index contributed by atoms with van der Waals surface area (Å²) in [4.78, 5) is 4.56. The summed E-state index contributed by atoms with van der Waals surface area (Å²) in [5, 5.41) is 7.59. The molecule has 0 radical (unpaired) electrons. The van der Waals surface area contributed by atoms with Crippen LogP contribution in [-0.2, 0) is 12.8 Å². The molecule has 0 fully saturated rings. The average Bonchev–Trinajstić information content (AvgIpc) is 3.00. The minimum atomic E-state index is 0.243. The molecule has 1 heterocycles. The van der Waals surface area contributed by atoms with E-state index in [0.717, 1.165) is 37.5 Å². The molecule has 4 nitrogen and oxygen atoms in total. The van der Waals surface area contributed by atoms with Crippen LogP contribution in [0.1, 0.15) is 50.4 Å². The third kappa shape index (κ3) is 4.39. The first-order valence-electron chi connectivity index (χ1n) is 7.84. The van der Waals surface area contributed by atoms with Crippen molar-refractivity contribution in [2.75, 3.05) is 6.54 Å². The lowest BCUT2D eigenvalue weighted by atomic mass is 9.99. The zero-order valence-electron chi connectivity index (χ0n) is 13.2. The van der Waals surface area contributed by atoms with E-state index in [1.807, 2.05) is 6.07 Å². The molecule has 0 spiro atoms. The lowest BCUT2D eigenvalue weighted by Gasteiger charge is -2.20. The van der Waals surface area contributed by atoms with Crippen LogP contribution in [0.15, 0.2) is 34.9 Å². The molecular formula is C17H25N3O. The second-order valence-corrected chi connectivity index (χ2v) is 5.40. The van der Waals surface area contributed by atoms with Crippen LogP contribution in [0.2, 0.25) is 0 Å².